The largest absolute Gasteiger partial charge is 0.497 e. The Hall–Kier alpha value is -2.68. The van der Waals surface area contributed by atoms with Crippen molar-refractivity contribution < 1.29 is 19.4 Å². The van der Waals surface area contributed by atoms with Crippen LogP contribution < -0.4 is 10.1 Å². The number of aliphatic carboxylic acids is 1. The summed E-state index contributed by atoms with van der Waals surface area (Å²) in [7, 11) is 3.14. The Morgan fingerprint density at radius 1 is 1.52 bits per heavy atom. The van der Waals surface area contributed by atoms with Gasteiger partial charge >= 0.3 is 12.0 Å². The van der Waals surface area contributed by atoms with Crippen molar-refractivity contribution in [2.45, 2.75) is 19.0 Å². The summed E-state index contributed by atoms with van der Waals surface area (Å²) >= 11 is 0. The average Bonchev–Trinajstić information content (AvgIpc) is 2.46. The molecule has 1 unspecified atom stereocenters. The lowest BCUT2D eigenvalue weighted by Gasteiger charge is -2.20. The van der Waals surface area contributed by atoms with Crippen LogP contribution in [0.1, 0.15) is 12.0 Å². The number of urea groups is 1. The van der Waals surface area contributed by atoms with Crippen molar-refractivity contribution >= 4 is 12.0 Å². The van der Waals surface area contributed by atoms with Crippen LogP contribution in [0.3, 0.4) is 0 Å². The molecule has 0 bridgehead atoms. The molecule has 0 aliphatic carbocycles. The number of nitrogens with one attached hydrogen (secondary N) is 1. The summed E-state index contributed by atoms with van der Waals surface area (Å²) in [5.74, 6) is 1.76. The van der Waals surface area contributed by atoms with E-state index in [-0.39, 0.29) is 6.42 Å². The standard InChI is InChI=1S/C15H18N2O4/c1-4-6-13(14(18)19)16-15(20)17(2)10-11-7-5-8-12(9-11)21-3/h1,5,7-9,13H,6,10H2,2-3H3,(H,16,20)(H,18,19). The molecule has 1 aromatic carbocycles. The van der Waals surface area contributed by atoms with Gasteiger partial charge in [-0.25, -0.2) is 9.59 Å². The Balaban J connectivity index is 2.65. The van der Waals surface area contributed by atoms with Crippen molar-refractivity contribution in [3.8, 4) is 18.1 Å². The quantitative estimate of drug-likeness (QED) is 0.774. The van der Waals surface area contributed by atoms with Gasteiger partial charge < -0.3 is 20.1 Å². The molecule has 21 heavy (non-hydrogen) atoms. The third-order valence-corrected chi connectivity index (χ3v) is 2.82. The fourth-order valence-corrected chi connectivity index (χ4v) is 1.69. The first kappa shape index (κ1) is 16.4. The molecule has 6 nitrogen and oxygen atoms in total. The molecule has 1 atom stereocenters. The molecular formula is C15H18N2O4. The molecule has 0 heterocycles. The second-order valence-electron chi connectivity index (χ2n) is 4.46. The zero-order valence-electron chi connectivity index (χ0n) is 12.0. The molecule has 0 saturated heterocycles. The number of ether oxygens (including phenoxy) is 1. The molecule has 6 heteroatoms. The maximum atomic E-state index is 11.9. The van der Waals surface area contributed by atoms with E-state index < -0.39 is 18.0 Å². The first-order chi connectivity index (χ1) is 9.97. The number of nitrogens with zero attached hydrogens (tertiary/aromatic N) is 1. The molecule has 1 aromatic rings. The third kappa shape index (κ3) is 5.07. The smallest absolute Gasteiger partial charge is 0.327 e. The number of rotatable bonds is 6. The SMILES string of the molecule is C#CCC(NC(=O)N(C)Cc1cccc(OC)c1)C(=O)O. The van der Waals surface area contributed by atoms with Crippen LogP contribution in [0.15, 0.2) is 24.3 Å². The average molecular weight is 290 g/mol. The molecule has 0 spiro atoms. The van der Waals surface area contributed by atoms with Gasteiger partial charge in [-0.2, -0.15) is 0 Å². The summed E-state index contributed by atoms with van der Waals surface area (Å²) < 4.78 is 5.11. The van der Waals surface area contributed by atoms with Crippen molar-refractivity contribution in [1.29, 1.82) is 0 Å². The van der Waals surface area contributed by atoms with Crippen LogP contribution in [0.4, 0.5) is 4.79 Å². The van der Waals surface area contributed by atoms with E-state index in [2.05, 4.69) is 11.2 Å². The summed E-state index contributed by atoms with van der Waals surface area (Å²) in [6, 6.07) is 5.69. The number of benzene rings is 1. The summed E-state index contributed by atoms with van der Waals surface area (Å²) in [4.78, 5) is 24.3. The molecule has 112 valence electrons. The number of carbonyl (C=O) groups is 2. The Morgan fingerprint density at radius 2 is 2.24 bits per heavy atom. The molecular weight excluding hydrogens is 272 g/mol. The van der Waals surface area contributed by atoms with Gasteiger partial charge in [-0.15, -0.1) is 12.3 Å². The second-order valence-corrected chi connectivity index (χ2v) is 4.46. The van der Waals surface area contributed by atoms with Crippen molar-refractivity contribution in [1.82, 2.24) is 10.2 Å². The zero-order chi connectivity index (χ0) is 15.8. The third-order valence-electron chi connectivity index (χ3n) is 2.82. The van der Waals surface area contributed by atoms with E-state index in [0.717, 1.165) is 5.56 Å². The topological polar surface area (TPSA) is 78.9 Å². The lowest BCUT2D eigenvalue weighted by Crippen LogP contribution is -2.46. The lowest BCUT2D eigenvalue weighted by molar-refractivity contribution is -0.139. The molecule has 0 saturated carbocycles. The van der Waals surface area contributed by atoms with Gasteiger partial charge in [0.2, 0.25) is 0 Å². The maximum absolute atomic E-state index is 11.9. The van der Waals surface area contributed by atoms with Gasteiger partial charge in [0, 0.05) is 20.0 Å². The highest BCUT2D eigenvalue weighted by Crippen LogP contribution is 2.13. The number of carboxylic acids is 1. The van der Waals surface area contributed by atoms with Crippen LogP contribution in [-0.4, -0.2) is 42.2 Å². The van der Waals surface area contributed by atoms with Crippen LogP contribution in [0.25, 0.3) is 0 Å². The Morgan fingerprint density at radius 3 is 2.81 bits per heavy atom. The van der Waals surface area contributed by atoms with E-state index in [4.69, 9.17) is 16.3 Å². The fraction of sp³-hybridized carbons (Fsp3) is 0.333. The van der Waals surface area contributed by atoms with Gasteiger partial charge in [-0.3, -0.25) is 0 Å². The van der Waals surface area contributed by atoms with Gasteiger partial charge in [0.1, 0.15) is 11.8 Å². The van der Waals surface area contributed by atoms with Gasteiger partial charge in [-0.05, 0) is 17.7 Å². The number of carbonyl (C=O) groups excluding carboxylic acids is 1. The van der Waals surface area contributed by atoms with Crippen LogP contribution in [-0.2, 0) is 11.3 Å². The zero-order valence-corrected chi connectivity index (χ0v) is 12.0. The van der Waals surface area contributed by atoms with Crippen LogP contribution in [0.5, 0.6) is 5.75 Å². The van der Waals surface area contributed by atoms with Crippen molar-refractivity contribution in [2.24, 2.45) is 0 Å². The normalized spacial score (nSPS) is 11.1. The highest BCUT2D eigenvalue weighted by atomic mass is 16.5. The van der Waals surface area contributed by atoms with Gasteiger partial charge in [0.05, 0.1) is 7.11 Å². The minimum absolute atomic E-state index is 0.0614. The fourth-order valence-electron chi connectivity index (χ4n) is 1.69. The minimum Gasteiger partial charge on any atom is -0.497 e. The maximum Gasteiger partial charge on any atom is 0.327 e. The second kappa shape index (κ2) is 7.80. The van der Waals surface area contributed by atoms with Crippen LogP contribution in [0, 0.1) is 12.3 Å². The monoisotopic (exact) mass is 290 g/mol. The Kier molecular flexibility index (Phi) is 6.08. The summed E-state index contributed by atoms with van der Waals surface area (Å²) in [5, 5.41) is 11.3. The summed E-state index contributed by atoms with van der Waals surface area (Å²) in [6.45, 7) is 0.325. The predicted octanol–water partition coefficient (Wildman–Crippen LogP) is 1.31. The first-order valence-electron chi connectivity index (χ1n) is 6.28. The first-order valence-corrected chi connectivity index (χ1v) is 6.28. The molecule has 2 N–H and O–H groups in total. The van der Waals surface area contributed by atoms with Gasteiger partial charge in [0.25, 0.3) is 0 Å². The highest BCUT2D eigenvalue weighted by Gasteiger charge is 2.20. The van der Waals surface area contributed by atoms with E-state index in [9.17, 15) is 9.59 Å². The van der Waals surface area contributed by atoms with E-state index in [1.54, 1.807) is 26.3 Å². The van der Waals surface area contributed by atoms with Crippen LogP contribution in [0.2, 0.25) is 0 Å². The number of hydrogen-bond donors (Lipinski definition) is 2. The minimum atomic E-state index is -1.16. The molecule has 0 aliphatic heterocycles. The molecule has 2 amide bonds. The summed E-state index contributed by atoms with van der Waals surface area (Å²) in [6.07, 6.45) is 5.02. The predicted molar refractivity (Wildman–Crippen MR) is 77.9 cm³/mol. The van der Waals surface area contributed by atoms with E-state index in [1.807, 2.05) is 12.1 Å². The van der Waals surface area contributed by atoms with Crippen molar-refractivity contribution in [2.75, 3.05) is 14.2 Å². The number of terminal acetylenes is 1. The van der Waals surface area contributed by atoms with Gasteiger partial charge in [0.15, 0.2) is 0 Å². The lowest BCUT2D eigenvalue weighted by atomic mass is 10.2. The van der Waals surface area contributed by atoms with Crippen molar-refractivity contribution in [3.05, 3.63) is 29.8 Å². The number of hydrogen-bond acceptors (Lipinski definition) is 3. The number of carboxylic acid groups (broad SMARTS) is 1. The Bertz CT molecular complexity index is 551. The number of methoxy groups -OCH3 is 1. The molecule has 0 radical (unpaired) electrons. The van der Waals surface area contributed by atoms with Crippen molar-refractivity contribution in [3.63, 3.8) is 0 Å². The molecule has 0 aliphatic rings. The molecule has 0 fully saturated rings. The highest BCUT2D eigenvalue weighted by molar-refractivity contribution is 5.82. The van der Waals surface area contributed by atoms with Crippen LogP contribution >= 0.6 is 0 Å². The van der Waals surface area contributed by atoms with E-state index >= 15 is 0 Å². The van der Waals surface area contributed by atoms with E-state index in [1.165, 1.54) is 4.90 Å². The molecule has 1 rings (SSSR count). The number of amides is 2. The van der Waals surface area contributed by atoms with Gasteiger partial charge in [-0.1, -0.05) is 12.1 Å². The summed E-state index contributed by atoms with van der Waals surface area (Å²) in [5.41, 5.74) is 0.871. The van der Waals surface area contributed by atoms with E-state index in [0.29, 0.717) is 12.3 Å². The molecule has 0 aromatic heterocycles. The Labute approximate surface area is 123 Å².